The van der Waals surface area contributed by atoms with Crippen molar-refractivity contribution in [3.05, 3.63) is 12.2 Å². The quantitative estimate of drug-likeness (QED) is 0.568. The third kappa shape index (κ3) is 4.51. The van der Waals surface area contributed by atoms with Crippen LogP contribution < -0.4 is 5.73 Å². The van der Waals surface area contributed by atoms with E-state index in [1.807, 2.05) is 13.0 Å². The number of rotatable bonds is 4. The van der Waals surface area contributed by atoms with Gasteiger partial charge in [-0.15, -0.1) is 12.4 Å². The van der Waals surface area contributed by atoms with Gasteiger partial charge in [0.1, 0.15) is 0 Å². The topological polar surface area (TPSA) is 66.6 Å². The molecule has 5 heteroatoms. The summed E-state index contributed by atoms with van der Waals surface area (Å²) in [5, 5.41) is 9.40. The fourth-order valence-corrected chi connectivity index (χ4v) is 1.71. The van der Waals surface area contributed by atoms with E-state index >= 15 is 0 Å². The molecule has 1 fully saturated rings. The number of nitrogens with two attached hydrogens (primary N) is 1. The van der Waals surface area contributed by atoms with Crippen molar-refractivity contribution in [2.24, 2.45) is 5.73 Å². The number of carbonyl (C=O) groups excluding carboxylic acids is 1. The molecule has 0 unspecified atom stereocenters. The number of β-amino-alcohol motifs (C(OH)–C–C–N with tert-alkyl or cyclic N) is 1. The highest BCUT2D eigenvalue weighted by atomic mass is 35.5. The number of amides is 1. The minimum Gasteiger partial charge on any atom is -0.390 e. The standard InChI is InChI=1S/C11H20N2O2.ClH/c1-2-3-4-5-6-11(15)13-7-9(12)10(14)8-13;/h2-3,9-10,14H,4-8,12H2,1H3;1H/b3-2+;/t9-,10-;/m1./s1. The number of halogens is 1. The zero-order valence-electron chi connectivity index (χ0n) is 9.63. The third-order valence-electron chi connectivity index (χ3n) is 2.68. The predicted octanol–water partition coefficient (Wildman–Crippen LogP) is 0.685. The van der Waals surface area contributed by atoms with Gasteiger partial charge in [0, 0.05) is 25.6 Å². The predicted molar refractivity (Wildman–Crippen MR) is 66.5 cm³/mol. The van der Waals surface area contributed by atoms with Crippen LogP contribution in [0.15, 0.2) is 12.2 Å². The molecule has 0 radical (unpaired) electrons. The molecule has 0 aromatic heterocycles. The minimum atomic E-state index is -0.551. The van der Waals surface area contributed by atoms with Crippen LogP contribution in [0.1, 0.15) is 26.2 Å². The fraction of sp³-hybridized carbons (Fsp3) is 0.727. The molecule has 0 aromatic rings. The average molecular weight is 249 g/mol. The van der Waals surface area contributed by atoms with Gasteiger partial charge in [0.05, 0.1) is 6.10 Å². The number of hydrogen-bond acceptors (Lipinski definition) is 3. The normalized spacial score (nSPS) is 24.8. The molecule has 94 valence electrons. The highest BCUT2D eigenvalue weighted by molar-refractivity contribution is 5.85. The maximum Gasteiger partial charge on any atom is 0.222 e. The Hall–Kier alpha value is -0.580. The summed E-state index contributed by atoms with van der Waals surface area (Å²) in [7, 11) is 0. The highest BCUT2D eigenvalue weighted by Crippen LogP contribution is 2.11. The zero-order chi connectivity index (χ0) is 11.3. The monoisotopic (exact) mass is 248 g/mol. The van der Waals surface area contributed by atoms with Crippen molar-refractivity contribution in [2.45, 2.75) is 38.3 Å². The summed E-state index contributed by atoms with van der Waals surface area (Å²) >= 11 is 0. The van der Waals surface area contributed by atoms with E-state index in [0.29, 0.717) is 19.5 Å². The summed E-state index contributed by atoms with van der Waals surface area (Å²) in [4.78, 5) is 13.3. The van der Waals surface area contributed by atoms with E-state index in [9.17, 15) is 9.90 Å². The van der Waals surface area contributed by atoms with Gasteiger partial charge < -0.3 is 15.7 Å². The molecule has 0 bridgehead atoms. The molecule has 16 heavy (non-hydrogen) atoms. The maximum absolute atomic E-state index is 11.6. The van der Waals surface area contributed by atoms with E-state index in [-0.39, 0.29) is 24.4 Å². The van der Waals surface area contributed by atoms with E-state index in [1.54, 1.807) is 4.90 Å². The second kappa shape index (κ2) is 7.65. The molecule has 0 aliphatic carbocycles. The number of hydrogen-bond donors (Lipinski definition) is 2. The van der Waals surface area contributed by atoms with E-state index in [4.69, 9.17) is 5.73 Å². The van der Waals surface area contributed by atoms with Gasteiger partial charge in [-0.05, 0) is 19.8 Å². The summed E-state index contributed by atoms with van der Waals surface area (Å²) in [6.07, 6.45) is 5.83. The summed E-state index contributed by atoms with van der Waals surface area (Å²) in [5.41, 5.74) is 5.63. The van der Waals surface area contributed by atoms with E-state index in [2.05, 4.69) is 6.08 Å². The smallest absolute Gasteiger partial charge is 0.222 e. The van der Waals surface area contributed by atoms with E-state index in [1.165, 1.54) is 0 Å². The minimum absolute atomic E-state index is 0. The van der Waals surface area contributed by atoms with Crippen molar-refractivity contribution in [3.63, 3.8) is 0 Å². The van der Waals surface area contributed by atoms with Crippen LogP contribution in [0.3, 0.4) is 0 Å². The number of likely N-dealkylation sites (tertiary alicyclic amines) is 1. The van der Waals surface area contributed by atoms with E-state index < -0.39 is 6.10 Å². The first kappa shape index (κ1) is 15.4. The number of aliphatic hydroxyl groups is 1. The molecular formula is C11H21ClN2O2. The van der Waals surface area contributed by atoms with Crippen LogP contribution in [0.5, 0.6) is 0 Å². The first-order valence-corrected chi connectivity index (χ1v) is 5.47. The van der Waals surface area contributed by atoms with Crippen LogP contribution >= 0.6 is 12.4 Å². The lowest BCUT2D eigenvalue weighted by molar-refractivity contribution is -0.130. The first-order chi connectivity index (χ1) is 7.15. The molecule has 1 saturated heterocycles. The second-order valence-corrected chi connectivity index (χ2v) is 3.99. The molecule has 0 aromatic carbocycles. The summed E-state index contributed by atoms with van der Waals surface area (Å²) in [5.74, 6) is 0.103. The molecule has 0 saturated carbocycles. The molecule has 1 aliphatic rings. The molecule has 2 atom stereocenters. The van der Waals surface area contributed by atoms with Gasteiger partial charge in [-0.25, -0.2) is 0 Å². The lowest BCUT2D eigenvalue weighted by Crippen LogP contribution is -2.33. The number of carbonyl (C=O) groups is 1. The van der Waals surface area contributed by atoms with Crippen molar-refractivity contribution in [1.82, 2.24) is 4.90 Å². The summed E-state index contributed by atoms with van der Waals surface area (Å²) in [6.45, 7) is 2.85. The van der Waals surface area contributed by atoms with Gasteiger partial charge in [-0.3, -0.25) is 4.79 Å². The fourth-order valence-electron chi connectivity index (χ4n) is 1.71. The largest absolute Gasteiger partial charge is 0.390 e. The highest BCUT2D eigenvalue weighted by Gasteiger charge is 2.30. The number of aliphatic hydroxyl groups excluding tert-OH is 1. The van der Waals surface area contributed by atoms with Crippen molar-refractivity contribution >= 4 is 18.3 Å². The van der Waals surface area contributed by atoms with Gasteiger partial charge in [0.2, 0.25) is 5.91 Å². The molecule has 1 rings (SSSR count). The van der Waals surface area contributed by atoms with Crippen LogP contribution in [-0.2, 0) is 4.79 Å². The Morgan fingerprint density at radius 2 is 2.25 bits per heavy atom. The summed E-state index contributed by atoms with van der Waals surface area (Å²) < 4.78 is 0. The molecule has 3 N–H and O–H groups in total. The Bertz CT molecular complexity index is 236. The van der Waals surface area contributed by atoms with Crippen LogP contribution in [0.4, 0.5) is 0 Å². The van der Waals surface area contributed by atoms with E-state index in [0.717, 1.165) is 12.8 Å². The summed E-state index contributed by atoms with van der Waals surface area (Å²) in [6, 6.07) is -0.274. The first-order valence-electron chi connectivity index (χ1n) is 5.47. The van der Waals surface area contributed by atoms with Gasteiger partial charge in [-0.1, -0.05) is 12.2 Å². The number of unbranched alkanes of at least 4 members (excludes halogenated alkanes) is 1. The van der Waals surface area contributed by atoms with Gasteiger partial charge >= 0.3 is 0 Å². The van der Waals surface area contributed by atoms with Crippen LogP contribution in [0.25, 0.3) is 0 Å². The van der Waals surface area contributed by atoms with Gasteiger partial charge in [-0.2, -0.15) is 0 Å². The van der Waals surface area contributed by atoms with Crippen LogP contribution in [0, 0.1) is 0 Å². The van der Waals surface area contributed by atoms with Gasteiger partial charge in [0.25, 0.3) is 0 Å². The van der Waals surface area contributed by atoms with Crippen molar-refractivity contribution in [1.29, 1.82) is 0 Å². The van der Waals surface area contributed by atoms with Crippen molar-refractivity contribution in [3.8, 4) is 0 Å². The number of allylic oxidation sites excluding steroid dienone is 2. The Labute approximate surface area is 103 Å². The second-order valence-electron chi connectivity index (χ2n) is 3.99. The molecule has 1 amide bonds. The zero-order valence-corrected chi connectivity index (χ0v) is 10.4. The molecular weight excluding hydrogens is 228 g/mol. The molecule has 1 heterocycles. The molecule has 0 spiro atoms. The van der Waals surface area contributed by atoms with Crippen molar-refractivity contribution in [2.75, 3.05) is 13.1 Å². The van der Waals surface area contributed by atoms with Gasteiger partial charge in [0.15, 0.2) is 0 Å². The van der Waals surface area contributed by atoms with Crippen LogP contribution in [0.2, 0.25) is 0 Å². The Morgan fingerprint density at radius 3 is 2.75 bits per heavy atom. The maximum atomic E-state index is 11.6. The molecule has 1 aliphatic heterocycles. The Balaban J connectivity index is 0.00000225. The lowest BCUT2D eigenvalue weighted by atomic mass is 10.2. The van der Waals surface area contributed by atoms with Crippen molar-refractivity contribution < 1.29 is 9.90 Å². The number of nitrogens with zero attached hydrogens (tertiary/aromatic N) is 1. The molecule has 4 nitrogen and oxygen atoms in total. The van der Waals surface area contributed by atoms with Crippen LogP contribution in [-0.4, -0.2) is 41.1 Å². The average Bonchev–Trinajstić information content (AvgIpc) is 2.54. The SMILES string of the molecule is C/C=C/CCCC(=O)N1C[C@@H](N)[C@H](O)C1.Cl. The third-order valence-corrected chi connectivity index (χ3v) is 2.68. The Kier molecular flexibility index (Phi) is 7.38. The Morgan fingerprint density at radius 1 is 1.56 bits per heavy atom. The lowest BCUT2D eigenvalue weighted by Gasteiger charge is -2.14.